The normalized spacial score (nSPS) is 11.7. The Morgan fingerprint density at radius 2 is 1.36 bits per heavy atom. The van der Waals surface area contributed by atoms with Crippen LogP contribution in [0.1, 0.15) is 11.1 Å². The molecule has 0 fully saturated rings. The molecular formula is C22H24N2O. The van der Waals surface area contributed by atoms with Gasteiger partial charge in [-0.1, -0.05) is 60.7 Å². The average molecular weight is 332 g/mol. The van der Waals surface area contributed by atoms with E-state index in [2.05, 4.69) is 29.6 Å². The van der Waals surface area contributed by atoms with Gasteiger partial charge in [0.1, 0.15) is 12.4 Å². The molecule has 0 heterocycles. The molecule has 25 heavy (non-hydrogen) atoms. The second-order valence-corrected chi connectivity index (χ2v) is 6.13. The molecule has 0 aliphatic heterocycles. The third-order valence-corrected chi connectivity index (χ3v) is 4.01. The summed E-state index contributed by atoms with van der Waals surface area (Å²) in [6, 6.07) is 28.6. The molecule has 0 spiro atoms. The molecule has 3 heteroatoms. The van der Waals surface area contributed by atoms with Crippen LogP contribution in [-0.2, 0) is 13.0 Å². The first-order valence-corrected chi connectivity index (χ1v) is 8.60. The zero-order chi connectivity index (χ0) is 17.3. The first-order chi connectivity index (χ1) is 12.3. The summed E-state index contributed by atoms with van der Waals surface area (Å²) >= 11 is 0. The van der Waals surface area contributed by atoms with E-state index in [0.29, 0.717) is 6.61 Å². The van der Waals surface area contributed by atoms with Gasteiger partial charge in [-0.2, -0.15) is 0 Å². The number of ether oxygens (including phenoxy) is 1. The van der Waals surface area contributed by atoms with Crippen molar-refractivity contribution < 1.29 is 4.74 Å². The highest BCUT2D eigenvalue weighted by atomic mass is 16.5. The van der Waals surface area contributed by atoms with Crippen molar-refractivity contribution in [1.29, 1.82) is 0 Å². The third-order valence-electron chi connectivity index (χ3n) is 4.01. The fraction of sp³-hybridized carbons (Fsp3) is 0.182. The van der Waals surface area contributed by atoms with Crippen LogP contribution in [-0.4, -0.2) is 12.6 Å². The van der Waals surface area contributed by atoms with E-state index in [9.17, 15) is 0 Å². The molecule has 0 radical (unpaired) electrons. The molecule has 0 amide bonds. The molecule has 0 aliphatic carbocycles. The van der Waals surface area contributed by atoms with Crippen molar-refractivity contribution in [3.8, 4) is 5.75 Å². The Bertz CT molecular complexity index is 742. The maximum atomic E-state index is 6.21. The first-order valence-electron chi connectivity index (χ1n) is 8.60. The molecule has 0 saturated heterocycles. The van der Waals surface area contributed by atoms with Gasteiger partial charge < -0.3 is 15.8 Å². The van der Waals surface area contributed by atoms with E-state index in [4.69, 9.17) is 10.5 Å². The van der Waals surface area contributed by atoms with Gasteiger partial charge in [-0.05, 0) is 41.8 Å². The highest BCUT2D eigenvalue weighted by Crippen LogP contribution is 2.17. The molecule has 0 aromatic heterocycles. The lowest BCUT2D eigenvalue weighted by atomic mass is 10.1. The highest BCUT2D eigenvalue weighted by molar-refractivity contribution is 5.46. The van der Waals surface area contributed by atoms with Crippen LogP contribution >= 0.6 is 0 Å². The molecule has 128 valence electrons. The Morgan fingerprint density at radius 3 is 2.00 bits per heavy atom. The predicted octanol–water partition coefficient (Wildman–Crippen LogP) is 4.25. The lowest BCUT2D eigenvalue weighted by Crippen LogP contribution is -2.31. The minimum atomic E-state index is 0.0800. The van der Waals surface area contributed by atoms with E-state index in [0.717, 1.165) is 30.0 Å². The van der Waals surface area contributed by atoms with Gasteiger partial charge in [-0.15, -0.1) is 0 Å². The van der Waals surface area contributed by atoms with Crippen LogP contribution in [0.2, 0.25) is 0 Å². The average Bonchev–Trinajstić information content (AvgIpc) is 2.67. The van der Waals surface area contributed by atoms with Gasteiger partial charge >= 0.3 is 0 Å². The largest absolute Gasteiger partial charge is 0.489 e. The summed E-state index contributed by atoms with van der Waals surface area (Å²) in [6.07, 6.45) is 0.867. The Balaban J connectivity index is 1.44. The fourth-order valence-electron chi connectivity index (χ4n) is 2.65. The number of benzene rings is 3. The number of nitrogens with two attached hydrogens (primary N) is 1. The van der Waals surface area contributed by atoms with E-state index in [1.165, 1.54) is 5.56 Å². The van der Waals surface area contributed by atoms with Gasteiger partial charge in [-0.3, -0.25) is 0 Å². The zero-order valence-corrected chi connectivity index (χ0v) is 14.3. The lowest BCUT2D eigenvalue weighted by Gasteiger charge is -2.14. The maximum absolute atomic E-state index is 6.21. The van der Waals surface area contributed by atoms with Crippen molar-refractivity contribution in [3.63, 3.8) is 0 Å². The zero-order valence-electron chi connectivity index (χ0n) is 14.3. The number of nitrogens with one attached hydrogen (secondary N) is 1. The molecule has 3 N–H and O–H groups in total. The highest BCUT2D eigenvalue weighted by Gasteiger charge is 2.04. The SMILES string of the molecule is NC(CNc1ccc(OCc2ccccc2)cc1)Cc1ccccc1. The summed E-state index contributed by atoms with van der Waals surface area (Å²) in [4.78, 5) is 0. The molecule has 3 aromatic carbocycles. The van der Waals surface area contributed by atoms with Crippen LogP contribution in [0, 0.1) is 0 Å². The topological polar surface area (TPSA) is 47.3 Å². The Kier molecular flexibility index (Phi) is 6.07. The van der Waals surface area contributed by atoms with Crippen LogP contribution < -0.4 is 15.8 Å². The van der Waals surface area contributed by atoms with E-state index in [1.807, 2.05) is 60.7 Å². The van der Waals surface area contributed by atoms with Crippen molar-refractivity contribution in [3.05, 3.63) is 96.1 Å². The predicted molar refractivity (Wildman–Crippen MR) is 104 cm³/mol. The van der Waals surface area contributed by atoms with Crippen LogP contribution in [0.4, 0.5) is 5.69 Å². The minimum Gasteiger partial charge on any atom is -0.489 e. The van der Waals surface area contributed by atoms with E-state index >= 15 is 0 Å². The van der Waals surface area contributed by atoms with Crippen LogP contribution in [0.5, 0.6) is 5.75 Å². The number of anilines is 1. The Hall–Kier alpha value is -2.78. The second-order valence-electron chi connectivity index (χ2n) is 6.13. The first kappa shape index (κ1) is 17.1. The molecule has 3 aromatic rings. The van der Waals surface area contributed by atoms with Crippen LogP contribution in [0.15, 0.2) is 84.9 Å². The Morgan fingerprint density at radius 1 is 0.760 bits per heavy atom. The molecule has 1 atom stereocenters. The molecule has 0 saturated carbocycles. The number of hydrogen-bond acceptors (Lipinski definition) is 3. The van der Waals surface area contributed by atoms with Gasteiger partial charge in [0.05, 0.1) is 0 Å². The van der Waals surface area contributed by atoms with Gasteiger partial charge in [-0.25, -0.2) is 0 Å². The van der Waals surface area contributed by atoms with Crippen molar-refractivity contribution in [1.82, 2.24) is 0 Å². The van der Waals surface area contributed by atoms with Gasteiger partial charge in [0.2, 0.25) is 0 Å². The standard InChI is InChI=1S/C22H24N2O/c23-20(15-18-7-3-1-4-8-18)16-24-21-11-13-22(14-12-21)25-17-19-9-5-2-6-10-19/h1-14,20,24H,15-17,23H2. The fourth-order valence-corrected chi connectivity index (χ4v) is 2.65. The smallest absolute Gasteiger partial charge is 0.119 e. The van der Waals surface area contributed by atoms with Gasteiger partial charge in [0.25, 0.3) is 0 Å². The summed E-state index contributed by atoms with van der Waals surface area (Å²) in [5.41, 5.74) is 9.69. The van der Waals surface area contributed by atoms with Gasteiger partial charge in [0, 0.05) is 18.3 Å². The van der Waals surface area contributed by atoms with E-state index < -0.39 is 0 Å². The molecule has 3 rings (SSSR count). The monoisotopic (exact) mass is 332 g/mol. The van der Waals surface area contributed by atoms with Crippen molar-refractivity contribution in [2.45, 2.75) is 19.1 Å². The maximum Gasteiger partial charge on any atom is 0.119 e. The van der Waals surface area contributed by atoms with Gasteiger partial charge in [0.15, 0.2) is 0 Å². The van der Waals surface area contributed by atoms with Crippen molar-refractivity contribution in [2.24, 2.45) is 5.73 Å². The molecule has 3 nitrogen and oxygen atoms in total. The van der Waals surface area contributed by atoms with E-state index in [-0.39, 0.29) is 6.04 Å². The van der Waals surface area contributed by atoms with E-state index in [1.54, 1.807) is 0 Å². The van der Waals surface area contributed by atoms with Crippen LogP contribution in [0.3, 0.4) is 0 Å². The lowest BCUT2D eigenvalue weighted by molar-refractivity contribution is 0.306. The van der Waals surface area contributed by atoms with Crippen molar-refractivity contribution in [2.75, 3.05) is 11.9 Å². The summed E-state index contributed by atoms with van der Waals surface area (Å²) in [6.45, 7) is 1.31. The van der Waals surface area contributed by atoms with Crippen molar-refractivity contribution >= 4 is 5.69 Å². The molecule has 0 bridgehead atoms. The molecule has 0 aliphatic rings. The summed E-state index contributed by atoms with van der Waals surface area (Å²) in [5.74, 6) is 0.864. The molecular weight excluding hydrogens is 308 g/mol. The summed E-state index contributed by atoms with van der Waals surface area (Å²) < 4.78 is 5.80. The third kappa shape index (κ3) is 5.66. The summed E-state index contributed by atoms with van der Waals surface area (Å²) in [5, 5.41) is 3.39. The van der Waals surface area contributed by atoms with Crippen LogP contribution in [0.25, 0.3) is 0 Å². The Labute approximate surface area is 149 Å². The number of rotatable bonds is 8. The second kappa shape index (κ2) is 8.90. The quantitative estimate of drug-likeness (QED) is 0.648. The minimum absolute atomic E-state index is 0.0800. The number of hydrogen-bond donors (Lipinski definition) is 2. The summed E-state index contributed by atoms with van der Waals surface area (Å²) in [7, 11) is 0. The molecule has 1 unspecified atom stereocenters.